The molecule has 0 saturated heterocycles. The lowest BCUT2D eigenvalue weighted by Crippen LogP contribution is -2.28. The van der Waals surface area contributed by atoms with E-state index in [1.165, 1.54) is 31.2 Å². The van der Waals surface area contributed by atoms with Gasteiger partial charge in [0.05, 0.1) is 0 Å². The van der Waals surface area contributed by atoms with Crippen LogP contribution in [0.1, 0.15) is 51.5 Å². The van der Waals surface area contributed by atoms with Gasteiger partial charge in [-0.05, 0) is 55.7 Å². The van der Waals surface area contributed by atoms with E-state index in [9.17, 15) is 0 Å². The number of nitrogens with one attached hydrogen (secondary N) is 1. The summed E-state index contributed by atoms with van der Waals surface area (Å²) in [4.78, 5) is 4.64. The second-order valence-electron chi connectivity index (χ2n) is 6.53. The Labute approximate surface area is 140 Å². The van der Waals surface area contributed by atoms with Gasteiger partial charge in [-0.1, -0.05) is 31.9 Å². The van der Waals surface area contributed by atoms with Gasteiger partial charge >= 0.3 is 0 Å². The largest absolute Gasteiger partial charge is 0.382 e. The molecule has 23 heavy (non-hydrogen) atoms. The third-order valence-electron chi connectivity index (χ3n) is 4.84. The maximum absolute atomic E-state index is 6.10. The third-order valence-corrected chi connectivity index (χ3v) is 4.84. The first-order chi connectivity index (χ1) is 11.2. The summed E-state index contributed by atoms with van der Waals surface area (Å²) in [5.74, 6) is 0.515. The van der Waals surface area contributed by atoms with Crippen LogP contribution >= 0.6 is 0 Å². The first-order valence-electron chi connectivity index (χ1n) is 8.91. The summed E-state index contributed by atoms with van der Waals surface area (Å²) in [5.41, 5.74) is 8.69. The summed E-state index contributed by atoms with van der Waals surface area (Å²) in [7, 11) is 0. The summed E-state index contributed by atoms with van der Waals surface area (Å²) in [6, 6.07) is 8.33. The van der Waals surface area contributed by atoms with Crippen molar-refractivity contribution in [2.24, 2.45) is 16.1 Å². The maximum Gasteiger partial charge on any atom is 0.193 e. The number of hydrogen-bond acceptors (Lipinski definition) is 2. The predicted octanol–water partition coefficient (Wildman–Crippen LogP) is 3.96. The maximum atomic E-state index is 6.10. The standard InChI is InChI=1S/C19H31N3O/c1-3-16-8-7-9-17(14-16)22-18(20)21-15-19(10-5-6-11-19)12-13-23-4-2/h7-9,14H,3-6,10-13,15H2,1-2H3,(H3,20,21,22). The average molecular weight is 317 g/mol. The van der Waals surface area contributed by atoms with E-state index in [0.717, 1.165) is 38.3 Å². The van der Waals surface area contributed by atoms with Crippen LogP contribution in [0.2, 0.25) is 0 Å². The van der Waals surface area contributed by atoms with Crippen molar-refractivity contribution in [2.45, 2.75) is 52.4 Å². The lowest BCUT2D eigenvalue weighted by atomic mass is 9.83. The first kappa shape index (κ1) is 17.8. The van der Waals surface area contributed by atoms with E-state index in [-0.39, 0.29) is 5.41 Å². The highest BCUT2D eigenvalue weighted by Crippen LogP contribution is 2.41. The van der Waals surface area contributed by atoms with Gasteiger partial charge in [-0.2, -0.15) is 0 Å². The molecule has 0 radical (unpaired) electrons. The molecule has 128 valence electrons. The molecular formula is C19H31N3O. The van der Waals surface area contributed by atoms with Crippen LogP contribution in [0.25, 0.3) is 0 Å². The highest BCUT2D eigenvalue weighted by Gasteiger charge is 2.33. The van der Waals surface area contributed by atoms with Crippen LogP contribution in [0, 0.1) is 5.41 Å². The zero-order chi connectivity index (χ0) is 16.5. The van der Waals surface area contributed by atoms with Gasteiger partial charge in [0.15, 0.2) is 5.96 Å². The fraction of sp³-hybridized carbons (Fsp3) is 0.632. The Kier molecular flexibility index (Phi) is 6.90. The monoisotopic (exact) mass is 317 g/mol. The first-order valence-corrected chi connectivity index (χ1v) is 8.91. The minimum absolute atomic E-state index is 0.284. The molecule has 2 rings (SSSR count). The van der Waals surface area contributed by atoms with Gasteiger partial charge in [-0.3, -0.25) is 4.99 Å². The highest BCUT2D eigenvalue weighted by molar-refractivity contribution is 5.92. The molecule has 0 unspecified atom stereocenters. The van der Waals surface area contributed by atoms with Crippen LogP contribution in [-0.4, -0.2) is 25.7 Å². The number of nitrogens with two attached hydrogens (primary N) is 1. The van der Waals surface area contributed by atoms with E-state index in [2.05, 4.69) is 35.4 Å². The van der Waals surface area contributed by atoms with Gasteiger partial charge in [0, 0.05) is 25.4 Å². The molecule has 0 spiro atoms. The molecule has 3 N–H and O–H groups in total. The van der Waals surface area contributed by atoms with Gasteiger partial charge in [0.1, 0.15) is 0 Å². The Morgan fingerprint density at radius 1 is 1.30 bits per heavy atom. The van der Waals surface area contributed by atoms with Crippen LogP contribution in [0.4, 0.5) is 5.69 Å². The van der Waals surface area contributed by atoms with Gasteiger partial charge in [0.2, 0.25) is 0 Å². The van der Waals surface area contributed by atoms with Crippen molar-refractivity contribution in [2.75, 3.05) is 25.1 Å². The molecule has 0 atom stereocenters. The van der Waals surface area contributed by atoms with Crippen molar-refractivity contribution in [3.05, 3.63) is 29.8 Å². The molecule has 1 aliphatic carbocycles. The van der Waals surface area contributed by atoms with Gasteiger partial charge < -0.3 is 15.8 Å². The second kappa shape index (κ2) is 8.92. The number of benzene rings is 1. The van der Waals surface area contributed by atoms with Gasteiger partial charge in [-0.15, -0.1) is 0 Å². The van der Waals surface area contributed by atoms with Crippen molar-refractivity contribution in [3.63, 3.8) is 0 Å². The number of hydrogen-bond donors (Lipinski definition) is 2. The minimum atomic E-state index is 0.284. The Hall–Kier alpha value is -1.55. The van der Waals surface area contributed by atoms with Crippen molar-refractivity contribution in [3.8, 4) is 0 Å². The van der Waals surface area contributed by atoms with Crippen LogP contribution in [0.3, 0.4) is 0 Å². The van der Waals surface area contributed by atoms with E-state index in [4.69, 9.17) is 10.5 Å². The Morgan fingerprint density at radius 2 is 2.09 bits per heavy atom. The molecule has 1 aromatic carbocycles. The molecule has 0 aromatic heterocycles. The molecule has 0 amide bonds. The van der Waals surface area contributed by atoms with Gasteiger partial charge in [-0.25, -0.2) is 0 Å². The zero-order valence-electron chi connectivity index (χ0n) is 14.6. The SMILES string of the molecule is CCOCCC1(CN=C(N)Nc2cccc(CC)c2)CCCC1. The summed E-state index contributed by atoms with van der Waals surface area (Å²) in [6.45, 7) is 6.62. The lowest BCUT2D eigenvalue weighted by molar-refractivity contribution is 0.107. The van der Waals surface area contributed by atoms with E-state index in [0.29, 0.717) is 5.96 Å². The minimum Gasteiger partial charge on any atom is -0.382 e. The fourth-order valence-corrected chi connectivity index (χ4v) is 3.35. The van der Waals surface area contributed by atoms with Gasteiger partial charge in [0.25, 0.3) is 0 Å². The van der Waals surface area contributed by atoms with Crippen LogP contribution in [-0.2, 0) is 11.2 Å². The summed E-state index contributed by atoms with van der Waals surface area (Å²) >= 11 is 0. The summed E-state index contributed by atoms with van der Waals surface area (Å²) in [6.07, 6.45) is 7.18. The second-order valence-corrected chi connectivity index (χ2v) is 6.53. The molecule has 1 saturated carbocycles. The van der Waals surface area contributed by atoms with E-state index in [1.54, 1.807) is 0 Å². The van der Waals surface area contributed by atoms with Crippen molar-refractivity contribution in [1.29, 1.82) is 0 Å². The number of rotatable bonds is 8. The van der Waals surface area contributed by atoms with Crippen molar-refractivity contribution >= 4 is 11.6 Å². The Morgan fingerprint density at radius 3 is 2.78 bits per heavy atom. The summed E-state index contributed by atoms with van der Waals surface area (Å²) < 4.78 is 5.55. The van der Waals surface area contributed by atoms with E-state index in [1.807, 2.05) is 13.0 Å². The molecular weight excluding hydrogens is 286 g/mol. The quantitative estimate of drug-likeness (QED) is 0.433. The zero-order valence-corrected chi connectivity index (χ0v) is 14.6. The lowest BCUT2D eigenvalue weighted by Gasteiger charge is -2.27. The molecule has 4 heteroatoms. The Bertz CT molecular complexity index is 507. The van der Waals surface area contributed by atoms with Crippen LogP contribution < -0.4 is 11.1 Å². The van der Waals surface area contributed by atoms with E-state index >= 15 is 0 Å². The molecule has 1 aliphatic rings. The number of anilines is 1. The number of aliphatic imine (C=N–C) groups is 1. The molecule has 4 nitrogen and oxygen atoms in total. The van der Waals surface area contributed by atoms with Crippen LogP contribution in [0.5, 0.6) is 0 Å². The normalized spacial score (nSPS) is 17.4. The fourth-order valence-electron chi connectivity index (χ4n) is 3.35. The van der Waals surface area contributed by atoms with Crippen LogP contribution in [0.15, 0.2) is 29.3 Å². The summed E-state index contributed by atoms with van der Waals surface area (Å²) in [5, 5.41) is 3.22. The smallest absolute Gasteiger partial charge is 0.193 e. The van der Waals surface area contributed by atoms with Crippen molar-refractivity contribution in [1.82, 2.24) is 0 Å². The average Bonchev–Trinajstić information content (AvgIpc) is 3.03. The molecule has 1 aromatic rings. The Balaban J connectivity index is 1.93. The number of ether oxygens (including phenoxy) is 1. The number of aryl methyl sites for hydroxylation is 1. The highest BCUT2D eigenvalue weighted by atomic mass is 16.5. The number of guanidine groups is 1. The third kappa shape index (κ3) is 5.54. The molecule has 1 fully saturated rings. The molecule has 0 bridgehead atoms. The molecule has 0 aliphatic heterocycles. The number of nitrogens with zero attached hydrogens (tertiary/aromatic N) is 1. The van der Waals surface area contributed by atoms with Crippen molar-refractivity contribution < 1.29 is 4.74 Å². The topological polar surface area (TPSA) is 59.6 Å². The molecule has 0 heterocycles. The van der Waals surface area contributed by atoms with E-state index < -0.39 is 0 Å². The predicted molar refractivity (Wildman–Crippen MR) is 97.9 cm³/mol.